The van der Waals surface area contributed by atoms with Gasteiger partial charge in [0.15, 0.2) is 0 Å². The molecule has 0 saturated heterocycles. The second kappa shape index (κ2) is 7.06. The summed E-state index contributed by atoms with van der Waals surface area (Å²) < 4.78 is 0. The molecule has 1 saturated carbocycles. The molecule has 3 N–H and O–H groups in total. The lowest BCUT2D eigenvalue weighted by Crippen LogP contribution is -2.15. The van der Waals surface area contributed by atoms with Gasteiger partial charge in [0.1, 0.15) is 11.6 Å². The number of nitrogens with zero attached hydrogens (tertiary/aromatic N) is 4. The maximum atomic E-state index is 12.3. The van der Waals surface area contributed by atoms with Crippen molar-refractivity contribution < 1.29 is 4.79 Å². The zero-order valence-electron chi connectivity index (χ0n) is 16.7. The highest BCUT2D eigenvalue weighted by Crippen LogP contribution is 2.39. The van der Waals surface area contributed by atoms with E-state index in [0.29, 0.717) is 24.0 Å². The van der Waals surface area contributed by atoms with Crippen LogP contribution in [-0.4, -0.2) is 20.9 Å². The summed E-state index contributed by atoms with van der Waals surface area (Å²) in [6, 6.07) is 5.92. The smallest absolute Gasteiger partial charge is 0.230 e. The Hall–Kier alpha value is -3.53. The Morgan fingerprint density at radius 1 is 1.30 bits per heavy atom. The lowest BCUT2D eigenvalue weighted by Gasteiger charge is -2.24. The van der Waals surface area contributed by atoms with Gasteiger partial charge < -0.3 is 11.1 Å². The first kappa shape index (κ1) is 18.5. The number of anilines is 2. The van der Waals surface area contributed by atoms with Crippen molar-refractivity contribution in [2.75, 3.05) is 11.1 Å². The molecule has 0 spiro atoms. The first-order valence-electron chi connectivity index (χ1n) is 10.3. The quantitative estimate of drug-likeness (QED) is 0.693. The number of amides is 1. The van der Waals surface area contributed by atoms with Gasteiger partial charge in [0.2, 0.25) is 5.91 Å². The van der Waals surface area contributed by atoms with Crippen LogP contribution in [0, 0.1) is 23.2 Å². The first-order valence-corrected chi connectivity index (χ1v) is 10.3. The molecule has 0 aromatic carbocycles. The number of hydrogen-bond acceptors (Lipinski definition) is 6. The van der Waals surface area contributed by atoms with Crippen LogP contribution in [-0.2, 0) is 11.2 Å². The fourth-order valence-corrected chi connectivity index (χ4v) is 4.40. The van der Waals surface area contributed by atoms with Gasteiger partial charge in [-0.15, -0.1) is 0 Å². The largest absolute Gasteiger partial charge is 0.383 e. The van der Waals surface area contributed by atoms with Gasteiger partial charge >= 0.3 is 0 Å². The predicted octanol–water partition coefficient (Wildman–Crippen LogP) is 3.81. The highest BCUT2D eigenvalue weighted by Gasteiger charge is 2.43. The number of carbonyl (C=O) groups is 1. The Morgan fingerprint density at radius 2 is 2.17 bits per heavy atom. The molecule has 3 atom stereocenters. The summed E-state index contributed by atoms with van der Waals surface area (Å²) in [5.74, 6) is 0.761. The van der Waals surface area contributed by atoms with Gasteiger partial charge in [-0.1, -0.05) is 6.92 Å². The van der Waals surface area contributed by atoms with Gasteiger partial charge in [0.25, 0.3) is 0 Å². The van der Waals surface area contributed by atoms with Crippen LogP contribution in [0.5, 0.6) is 0 Å². The molecule has 0 bridgehead atoms. The number of carbonyl (C=O) groups excluding carboxylic acids is 1. The summed E-state index contributed by atoms with van der Waals surface area (Å²) >= 11 is 0. The molecule has 1 amide bonds. The normalized spacial score (nSPS) is 22.2. The molecular weight excluding hydrogens is 376 g/mol. The molecule has 2 aliphatic carbocycles. The summed E-state index contributed by atoms with van der Waals surface area (Å²) in [6.45, 7) is 2.24. The molecule has 3 aromatic heterocycles. The maximum Gasteiger partial charge on any atom is 0.230 e. The standard InChI is InChI=1S/C23H22N6O/c1-12-3-2-4-15-17(12)9-26-10-19(15)20-6-13-7-21(27-11-18(13)22(25)28-20)29-23(30)16-5-14(16)8-24/h6-7,9-12,14,16H,2-5H2,1H3,(H2,25,28)(H,27,29,30)/t12?,14-,16+/m0/s1. The van der Waals surface area contributed by atoms with Gasteiger partial charge in [-0.2, -0.15) is 5.26 Å². The molecular formula is C23H22N6O. The third-order valence-corrected chi connectivity index (χ3v) is 6.25. The fourth-order valence-electron chi connectivity index (χ4n) is 4.40. The SMILES string of the molecule is CC1CCCc2c(-c3cc4cc(NC(=O)[C@@H]5C[C@H]5C#N)ncc4c(N)n3)cncc21. The average Bonchev–Trinajstić information content (AvgIpc) is 3.54. The molecule has 1 unspecified atom stereocenters. The van der Waals surface area contributed by atoms with Crippen molar-refractivity contribution in [3.05, 3.63) is 41.9 Å². The summed E-state index contributed by atoms with van der Waals surface area (Å²) in [5.41, 5.74) is 10.6. The van der Waals surface area contributed by atoms with E-state index in [4.69, 9.17) is 11.0 Å². The van der Waals surface area contributed by atoms with Crippen molar-refractivity contribution in [2.45, 2.75) is 38.5 Å². The zero-order chi connectivity index (χ0) is 20.8. The summed E-state index contributed by atoms with van der Waals surface area (Å²) in [6.07, 6.45) is 9.41. The number of nitrogens with two attached hydrogens (primary N) is 1. The Balaban J connectivity index is 1.53. The fraction of sp³-hybridized carbons (Fsp3) is 0.348. The van der Waals surface area contributed by atoms with E-state index in [9.17, 15) is 4.79 Å². The highest BCUT2D eigenvalue weighted by atomic mass is 16.2. The number of aromatic nitrogens is 3. The van der Waals surface area contributed by atoms with Crippen LogP contribution < -0.4 is 11.1 Å². The third-order valence-electron chi connectivity index (χ3n) is 6.25. The van der Waals surface area contributed by atoms with Crippen LogP contribution in [0.2, 0.25) is 0 Å². The highest BCUT2D eigenvalue weighted by molar-refractivity contribution is 5.98. The van der Waals surface area contributed by atoms with E-state index in [1.807, 2.05) is 24.5 Å². The van der Waals surface area contributed by atoms with E-state index >= 15 is 0 Å². The lowest BCUT2D eigenvalue weighted by molar-refractivity contribution is -0.117. The number of rotatable bonds is 3. The Bertz CT molecular complexity index is 1210. The molecule has 3 aromatic rings. The number of fused-ring (bicyclic) bond motifs is 2. The van der Waals surface area contributed by atoms with Crippen molar-refractivity contribution in [1.82, 2.24) is 15.0 Å². The van der Waals surface area contributed by atoms with Crippen molar-refractivity contribution in [2.24, 2.45) is 11.8 Å². The van der Waals surface area contributed by atoms with E-state index < -0.39 is 0 Å². The summed E-state index contributed by atoms with van der Waals surface area (Å²) in [4.78, 5) is 25.7. The van der Waals surface area contributed by atoms with Crippen molar-refractivity contribution in [3.8, 4) is 17.3 Å². The van der Waals surface area contributed by atoms with Crippen LogP contribution in [0.25, 0.3) is 22.0 Å². The van der Waals surface area contributed by atoms with Crippen LogP contribution >= 0.6 is 0 Å². The van der Waals surface area contributed by atoms with E-state index in [-0.39, 0.29) is 17.7 Å². The zero-order valence-corrected chi connectivity index (χ0v) is 16.7. The average molecular weight is 398 g/mol. The van der Waals surface area contributed by atoms with Crippen LogP contribution in [0.3, 0.4) is 0 Å². The Morgan fingerprint density at radius 3 is 2.97 bits per heavy atom. The minimum atomic E-state index is -0.241. The van der Waals surface area contributed by atoms with Crippen molar-refractivity contribution in [3.63, 3.8) is 0 Å². The molecule has 1 fully saturated rings. The summed E-state index contributed by atoms with van der Waals surface area (Å²) in [7, 11) is 0. The Labute approximate surface area is 174 Å². The number of nitrogens with one attached hydrogen (secondary N) is 1. The van der Waals surface area contributed by atoms with Crippen LogP contribution in [0.1, 0.15) is 43.2 Å². The number of hydrogen-bond donors (Lipinski definition) is 2. The Kier molecular flexibility index (Phi) is 4.35. The van der Waals surface area contributed by atoms with Gasteiger partial charge in [-0.05, 0) is 60.2 Å². The first-order chi connectivity index (χ1) is 14.5. The monoisotopic (exact) mass is 398 g/mol. The molecule has 3 heterocycles. The van der Waals surface area contributed by atoms with Crippen molar-refractivity contribution >= 4 is 28.3 Å². The molecule has 2 aliphatic rings. The van der Waals surface area contributed by atoms with E-state index in [2.05, 4.69) is 33.3 Å². The van der Waals surface area contributed by atoms with Crippen LogP contribution in [0.15, 0.2) is 30.7 Å². The molecule has 7 nitrogen and oxygen atoms in total. The topological polar surface area (TPSA) is 118 Å². The molecule has 30 heavy (non-hydrogen) atoms. The minimum absolute atomic E-state index is 0.161. The van der Waals surface area contributed by atoms with Gasteiger partial charge in [-0.3, -0.25) is 9.78 Å². The maximum absolute atomic E-state index is 12.3. The van der Waals surface area contributed by atoms with Gasteiger partial charge in [0, 0.05) is 29.5 Å². The van der Waals surface area contributed by atoms with Crippen LogP contribution in [0.4, 0.5) is 11.6 Å². The van der Waals surface area contributed by atoms with Gasteiger partial charge in [0.05, 0.1) is 23.6 Å². The number of pyridine rings is 3. The van der Waals surface area contributed by atoms with E-state index in [0.717, 1.165) is 34.9 Å². The third kappa shape index (κ3) is 3.14. The second-order valence-corrected chi connectivity index (χ2v) is 8.30. The number of nitrogen functional groups attached to an aromatic ring is 1. The van der Waals surface area contributed by atoms with E-state index in [1.165, 1.54) is 17.5 Å². The number of nitriles is 1. The lowest BCUT2D eigenvalue weighted by atomic mass is 9.82. The minimum Gasteiger partial charge on any atom is -0.383 e. The molecule has 5 rings (SSSR count). The molecule has 0 aliphatic heterocycles. The van der Waals surface area contributed by atoms with E-state index in [1.54, 1.807) is 6.20 Å². The molecule has 7 heteroatoms. The molecule has 150 valence electrons. The van der Waals surface area contributed by atoms with Crippen molar-refractivity contribution in [1.29, 1.82) is 5.26 Å². The second-order valence-electron chi connectivity index (χ2n) is 8.30. The molecule has 0 radical (unpaired) electrons. The predicted molar refractivity (Wildman–Crippen MR) is 114 cm³/mol. The summed E-state index contributed by atoms with van der Waals surface area (Å²) in [5, 5.41) is 13.3. The van der Waals surface area contributed by atoms with Gasteiger partial charge in [-0.25, -0.2) is 9.97 Å².